The summed E-state index contributed by atoms with van der Waals surface area (Å²) in [5.41, 5.74) is 0.912. The number of aromatic nitrogens is 1. The minimum absolute atomic E-state index is 0.188. The topological polar surface area (TPSA) is 45.2 Å². The van der Waals surface area contributed by atoms with Gasteiger partial charge in [0.15, 0.2) is 0 Å². The number of rotatable bonds is 5. The zero-order valence-corrected chi connectivity index (χ0v) is 14.3. The van der Waals surface area contributed by atoms with Crippen molar-refractivity contribution in [2.75, 3.05) is 26.2 Å². The largest absolute Gasteiger partial charge is 0.350 e. The van der Waals surface area contributed by atoms with Gasteiger partial charge in [-0.2, -0.15) is 0 Å². The fourth-order valence-corrected chi connectivity index (χ4v) is 3.79. The lowest BCUT2D eigenvalue weighted by Gasteiger charge is -2.14. The second-order valence-electron chi connectivity index (χ2n) is 5.90. The minimum Gasteiger partial charge on any atom is -0.350 e. The standard InChI is InChI=1S/C17H19F2N3OS/c1-11-15(16(23)20-4-7-22-5-2-3-6-22)24-17(21-11)12-8-13(18)10-14(19)9-12/h8-10H,2-7H2,1H3,(H,20,23). The number of hydrogen-bond donors (Lipinski definition) is 1. The van der Waals surface area contributed by atoms with E-state index >= 15 is 0 Å². The van der Waals surface area contributed by atoms with E-state index in [1.807, 2.05) is 0 Å². The van der Waals surface area contributed by atoms with Crippen LogP contribution in [0, 0.1) is 18.6 Å². The Hall–Kier alpha value is -1.86. The number of aryl methyl sites for hydroxylation is 1. The molecule has 1 saturated heterocycles. The predicted octanol–water partition coefficient (Wildman–Crippen LogP) is 3.22. The molecule has 0 unspecified atom stereocenters. The number of likely N-dealkylation sites (tertiary alicyclic amines) is 1. The SMILES string of the molecule is Cc1nc(-c2cc(F)cc(F)c2)sc1C(=O)NCCN1CCCC1. The molecule has 1 amide bonds. The molecule has 2 heterocycles. The van der Waals surface area contributed by atoms with Crippen molar-refractivity contribution in [2.24, 2.45) is 0 Å². The first-order chi connectivity index (χ1) is 11.5. The van der Waals surface area contributed by atoms with Crippen LogP contribution in [0.5, 0.6) is 0 Å². The number of hydrogen-bond acceptors (Lipinski definition) is 4. The van der Waals surface area contributed by atoms with Crippen LogP contribution >= 0.6 is 11.3 Å². The summed E-state index contributed by atoms with van der Waals surface area (Å²) >= 11 is 1.15. The monoisotopic (exact) mass is 351 g/mol. The van der Waals surface area contributed by atoms with Gasteiger partial charge >= 0.3 is 0 Å². The summed E-state index contributed by atoms with van der Waals surface area (Å²) in [6, 6.07) is 3.25. The van der Waals surface area contributed by atoms with E-state index in [0.29, 0.717) is 27.7 Å². The van der Waals surface area contributed by atoms with Crippen LogP contribution in [0.25, 0.3) is 10.6 Å². The van der Waals surface area contributed by atoms with E-state index in [0.717, 1.165) is 37.0 Å². The van der Waals surface area contributed by atoms with Gasteiger partial charge in [-0.15, -0.1) is 11.3 Å². The van der Waals surface area contributed by atoms with Gasteiger partial charge in [0.2, 0.25) is 0 Å². The molecular weight excluding hydrogens is 332 g/mol. The van der Waals surface area contributed by atoms with Gasteiger partial charge < -0.3 is 10.2 Å². The fraction of sp³-hybridized carbons (Fsp3) is 0.412. The molecule has 1 aliphatic heterocycles. The molecule has 1 aliphatic rings. The molecule has 1 aromatic heterocycles. The molecule has 1 fully saturated rings. The highest BCUT2D eigenvalue weighted by Gasteiger charge is 2.17. The van der Waals surface area contributed by atoms with Crippen LogP contribution in [-0.2, 0) is 0 Å². The van der Waals surface area contributed by atoms with Crippen LogP contribution in [0.1, 0.15) is 28.2 Å². The van der Waals surface area contributed by atoms with Crippen LogP contribution in [-0.4, -0.2) is 42.0 Å². The Bertz CT molecular complexity index is 721. The van der Waals surface area contributed by atoms with Crippen molar-refractivity contribution in [3.8, 4) is 10.6 Å². The molecule has 0 saturated carbocycles. The van der Waals surface area contributed by atoms with Crippen molar-refractivity contribution in [1.29, 1.82) is 0 Å². The molecule has 3 rings (SSSR count). The number of thiazole rings is 1. The smallest absolute Gasteiger partial charge is 0.263 e. The van der Waals surface area contributed by atoms with Gasteiger partial charge in [0, 0.05) is 24.7 Å². The molecule has 1 N–H and O–H groups in total. The third kappa shape index (κ3) is 3.96. The molecular formula is C17H19F2N3OS. The van der Waals surface area contributed by atoms with Crippen molar-refractivity contribution in [3.63, 3.8) is 0 Å². The molecule has 0 bridgehead atoms. The van der Waals surface area contributed by atoms with Gasteiger partial charge in [0.05, 0.1) is 5.69 Å². The molecule has 128 valence electrons. The van der Waals surface area contributed by atoms with E-state index < -0.39 is 11.6 Å². The molecule has 4 nitrogen and oxygen atoms in total. The van der Waals surface area contributed by atoms with Crippen LogP contribution in [0.3, 0.4) is 0 Å². The maximum absolute atomic E-state index is 13.3. The Labute approximate surface area is 143 Å². The minimum atomic E-state index is -0.658. The number of nitrogens with one attached hydrogen (secondary N) is 1. The maximum atomic E-state index is 13.3. The average Bonchev–Trinajstić information content (AvgIpc) is 3.15. The van der Waals surface area contributed by atoms with Gasteiger partial charge in [-0.25, -0.2) is 13.8 Å². The molecule has 0 spiro atoms. The number of amides is 1. The maximum Gasteiger partial charge on any atom is 0.263 e. The summed E-state index contributed by atoms with van der Waals surface area (Å²) in [5, 5.41) is 3.34. The first-order valence-corrected chi connectivity index (χ1v) is 8.79. The zero-order valence-electron chi connectivity index (χ0n) is 13.4. The first-order valence-electron chi connectivity index (χ1n) is 7.97. The highest BCUT2D eigenvalue weighted by Crippen LogP contribution is 2.29. The number of nitrogens with zero attached hydrogens (tertiary/aromatic N) is 2. The molecule has 7 heteroatoms. The summed E-state index contributed by atoms with van der Waals surface area (Å²) in [5.74, 6) is -1.50. The van der Waals surface area contributed by atoms with E-state index in [2.05, 4.69) is 15.2 Å². The fourth-order valence-electron chi connectivity index (χ4n) is 2.82. The highest BCUT2D eigenvalue weighted by molar-refractivity contribution is 7.17. The highest BCUT2D eigenvalue weighted by atomic mass is 32.1. The van der Waals surface area contributed by atoms with Gasteiger partial charge in [-0.1, -0.05) is 0 Å². The molecule has 24 heavy (non-hydrogen) atoms. The number of halogens is 2. The Morgan fingerprint density at radius 3 is 2.58 bits per heavy atom. The lowest BCUT2D eigenvalue weighted by Crippen LogP contribution is -2.33. The van der Waals surface area contributed by atoms with E-state index in [1.165, 1.54) is 25.0 Å². The van der Waals surface area contributed by atoms with E-state index in [1.54, 1.807) is 6.92 Å². The van der Waals surface area contributed by atoms with Crippen molar-refractivity contribution in [3.05, 3.63) is 40.4 Å². The van der Waals surface area contributed by atoms with E-state index in [4.69, 9.17) is 0 Å². The Kier molecular flexibility index (Phi) is 5.20. The molecule has 0 aliphatic carbocycles. The Morgan fingerprint density at radius 2 is 1.92 bits per heavy atom. The van der Waals surface area contributed by atoms with Gasteiger partial charge in [-0.05, 0) is 45.0 Å². The third-order valence-corrected chi connectivity index (χ3v) is 5.23. The predicted molar refractivity (Wildman–Crippen MR) is 90.2 cm³/mol. The van der Waals surface area contributed by atoms with Crippen LogP contribution in [0.2, 0.25) is 0 Å². The lowest BCUT2D eigenvalue weighted by molar-refractivity contribution is 0.0953. The molecule has 2 aromatic rings. The van der Waals surface area contributed by atoms with Crippen molar-refractivity contribution in [1.82, 2.24) is 15.2 Å². The molecule has 0 radical (unpaired) electrons. The quantitative estimate of drug-likeness (QED) is 0.900. The summed E-state index contributed by atoms with van der Waals surface area (Å²) in [7, 11) is 0. The van der Waals surface area contributed by atoms with Crippen molar-refractivity contribution >= 4 is 17.2 Å². The number of benzene rings is 1. The first kappa shape index (κ1) is 17.0. The number of carbonyl (C=O) groups excluding carboxylic acids is 1. The third-order valence-electron chi connectivity index (χ3n) is 4.02. The second-order valence-corrected chi connectivity index (χ2v) is 6.90. The second kappa shape index (κ2) is 7.36. The Balaban J connectivity index is 1.67. The normalized spacial score (nSPS) is 15.0. The van der Waals surface area contributed by atoms with Gasteiger partial charge in [0.1, 0.15) is 21.5 Å². The average molecular weight is 351 g/mol. The summed E-state index contributed by atoms with van der Waals surface area (Å²) in [6.45, 7) is 5.33. The molecule has 0 atom stereocenters. The molecule has 1 aromatic carbocycles. The van der Waals surface area contributed by atoms with Gasteiger partial charge in [0.25, 0.3) is 5.91 Å². The van der Waals surface area contributed by atoms with Crippen LogP contribution in [0.4, 0.5) is 8.78 Å². The van der Waals surface area contributed by atoms with E-state index in [9.17, 15) is 13.6 Å². The van der Waals surface area contributed by atoms with E-state index in [-0.39, 0.29) is 5.91 Å². The van der Waals surface area contributed by atoms with Gasteiger partial charge in [-0.3, -0.25) is 4.79 Å². The Morgan fingerprint density at radius 1 is 1.25 bits per heavy atom. The van der Waals surface area contributed by atoms with Crippen molar-refractivity contribution < 1.29 is 13.6 Å². The van der Waals surface area contributed by atoms with Crippen LogP contribution < -0.4 is 5.32 Å². The summed E-state index contributed by atoms with van der Waals surface area (Å²) < 4.78 is 26.7. The van der Waals surface area contributed by atoms with Crippen LogP contribution in [0.15, 0.2) is 18.2 Å². The summed E-state index contributed by atoms with van der Waals surface area (Å²) in [4.78, 5) is 19.4. The number of carbonyl (C=O) groups is 1. The zero-order chi connectivity index (χ0) is 17.1. The van der Waals surface area contributed by atoms with Crippen molar-refractivity contribution in [2.45, 2.75) is 19.8 Å². The summed E-state index contributed by atoms with van der Waals surface area (Å²) in [6.07, 6.45) is 2.44. The lowest BCUT2D eigenvalue weighted by atomic mass is 10.2.